The average Bonchev–Trinajstić information content (AvgIpc) is 2.33. The first-order valence-corrected chi connectivity index (χ1v) is 4.37. The highest BCUT2D eigenvalue weighted by molar-refractivity contribution is 5.76. The Morgan fingerprint density at radius 3 is 2.75 bits per heavy atom. The number of nitrogens with zero attached hydrogens (tertiary/aromatic N) is 2. The van der Waals surface area contributed by atoms with Gasteiger partial charge in [-0.05, 0) is 14.0 Å². The molecule has 0 aliphatic carbocycles. The Morgan fingerprint density at radius 2 is 2.33 bits per heavy atom. The molecule has 4 heteroatoms. The summed E-state index contributed by atoms with van der Waals surface area (Å²) in [6, 6.07) is 0.486. The molecule has 0 aromatic heterocycles. The fraction of sp³-hybridized carbons (Fsp3) is 0.875. The summed E-state index contributed by atoms with van der Waals surface area (Å²) in [6.07, 6.45) is 0. The van der Waals surface area contributed by atoms with E-state index in [-0.39, 0.29) is 6.03 Å². The third-order valence-corrected chi connectivity index (χ3v) is 2.37. The fourth-order valence-electron chi connectivity index (χ4n) is 1.54. The zero-order valence-electron chi connectivity index (χ0n) is 8.00. The molecule has 0 aromatic carbocycles. The van der Waals surface area contributed by atoms with Crippen molar-refractivity contribution in [2.75, 3.05) is 33.7 Å². The standard InChI is InChI=1S/C8H17N3O/c1-4-11-6-7(5-9-2)10(3)8(11)12/h7,9H,4-6H2,1-3H3. The minimum absolute atomic E-state index is 0.151. The molecule has 0 aromatic rings. The Bertz CT molecular complexity index is 172. The number of hydrogen-bond acceptors (Lipinski definition) is 2. The van der Waals surface area contributed by atoms with Crippen LogP contribution in [0.2, 0.25) is 0 Å². The molecule has 70 valence electrons. The van der Waals surface area contributed by atoms with Gasteiger partial charge in [-0.2, -0.15) is 0 Å². The topological polar surface area (TPSA) is 35.6 Å². The summed E-state index contributed by atoms with van der Waals surface area (Å²) in [4.78, 5) is 15.1. The number of rotatable bonds is 3. The van der Waals surface area contributed by atoms with Crippen molar-refractivity contribution in [3.8, 4) is 0 Å². The van der Waals surface area contributed by atoms with Crippen LogP contribution in [0.1, 0.15) is 6.92 Å². The molecule has 0 saturated carbocycles. The molecule has 0 spiro atoms. The molecule has 0 bridgehead atoms. The maximum Gasteiger partial charge on any atom is 0.320 e. The van der Waals surface area contributed by atoms with E-state index in [1.54, 1.807) is 4.90 Å². The van der Waals surface area contributed by atoms with E-state index in [0.29, 0.717) is 6.04 Å². The number of nitrogens with one attached hydrogen (secondary N) is 1. The summed E-state index contributed by atoms with van der Waals surface area (Å²) in [5.41, 5.74) is 0. The molecular weight excluding hydrogens is 154 g/mol. The normalized spacial score (nSPS) is 23.9. The molecule has 1 unspecified atom stereocenters. The van der Waals surface area contributed by atoms with Crippen molar-refractivity contribution in [2.45, 2.75) is 13.0 Å². The van der Waals surface area contributed by atoms with Crippen molar-refractivity contribution in [1.29, 1.82) is 0 Å². The van der Waals surface area contributed by atoms with Gasteiger partial charge in [-0.25, -0.2) is 4.79 Å². The lowest BCUT2D eigenvalue weighted by Gasteiger charge is -2.16. The van der Waals surface area contributed by atoms with E-state index in [1.807, 2.05) is 25.9 Å². The van der Waals surface area contributed by atoms with E-state index < -0.39 is 0 Å². The van der Waals surface area contributed by atoms with E-state index in [2.05, 4.69) is 5.32 Å². The van der Waals surface area contributed by atoms with E-state index >= 15 is 0 Å². The van der Waals surface area contributed by atoms with Gasteiger partial charge in [0.2, 0.25) is 0 Å². The predicted molar refractivity (Wildman–Crippen MR) is 48.1 cm³/mol. The van der Waals surface area contributed by atoms with Crippen LogP contribution >= 0.6 is 0 Å². The Balaban J connectivity index is 2.54. The van der Waals surface area contributed by atoms with Gasteiger partial charge in [0.1, 0.15) is 0 Å². The largest absolute Gasteiger partial charge is 0.323 e. The molecule has 1 atom stereocenters. The van der Waals surface area contributed by atoms with E-state index in [9.17, 15) is 4.79 Å². The predicted octanol–water partition coefficient (Wildman–Crippen LogP) is -0.0383. The SMILES string of the molecule is CCN1CC(CNC)N(C)C1=O. The highest BCUT2D eigenvalue weighted by Crippen LogP contribution is 2.12. The van der Waals surface area contributed by atoms with Gasteiger partial charge in [-0.3, -0.25) is 0 Å². The van der Waals surface area contributed by atoms with Crippen LogP contribution < -0.4 is 5.32 Å². The van der Waals surface area contributed by atoms with Crippen LogP contribution in [0.4, 0.5) is 4.79 Å². The molecule has 0 radical (unpaired) electrons. The molecule has 12 heavy (non-hydrogen) atoms. The third-order valence-electron chi connectivity index (χ3n) is 2.37. The molecule has 2 amide bonds. The second-order valence-corrected chi connectivity index (χ2v) is 3.14. The van der Waals surface area contributed by atoms with Crippen LogP contribution in [-0.4, -0.2) is 55.6 Å². The summed E-state index contributed by atoms with van der Waals surface area (Å²) < 4.78 is 0. The Labute approximate surface area is 73.5 Å². The monoisotopic (exact) mass is 171 g/mol. The van der Waals surface area contributed by atoms with Crippen LogP contribution in [0.5, 0.6) is 0 Å². The first-order valence-electron chi connectivity index (χ1n) is 4.37. The first-order chi connectivity index (χ1) is 5.70. The second-order valence-electron chi connectivity index (χ2n) is 3.14. The van der Waals surface area contributed by atoms with Crippen LogP contribution in [0.25, 0.3) is 0 Å². The fourth-order valence-corrected chi connectivity index (χ4v) is 1.54. The van der Waals surface area contributed by atoms with Gasteiger partial charge < -0.3 is 15.1 Å². The van der Waals surface area contributed by atoms with Crippen molar-refractivity contribution in [2.24, 2.45) is 0 Å². The lowest BCUT2D eigenvalue weighted by molar-refractivity contribution is 0.197. The molecule has 1 saturated heterocycles. The van der Waals surface area contributed by atoms with Gasteiger partial charge in [0.15, 0.2) is 0 Å². The van der Waals surface area contributed by atoms with Crippen molar-refractivity contribution >= 4 is 6.03 Å². The first kappa shape index (κ1) is 9.32. The quantitative estimate of drug-likeness (QED) is 0.647. The number of amides is 2. The number of urea groups is 1. The van der Waals surface area contributed by atoms with Gasteiger partial charge in [-0.15, -0.1) is 0 Å². The van der Waals surface area contributed by atoms with Gasteiger partial charge in [-0.1, -0.05) is 0 Å². The number of likely N-dealkylation sites (N-methyl/N-ethyl adjacent to an activating group) is 3. The smallest absolute Gasteiger partial charge is 0.320 e. The van der Waals surface area contributed by atoms with E-state index in [1.165, 1.54) is 0 Å². The Kier molecular flexibility index (Phi) is 2.92. The maximum absolute atomic E-state index is 11.4. The molecular formula is C8H17N3O. The summed E-state index contributed by atoms with van der Waals surface area (Å²) in [5.74, 6) is 0. The maximum atomic E-state index is 11.4. The average molecular weight is 171 g/mol. The lowest BCUT2D eigenvalue weighted by Crippen LogP contribution is -2.37. The highest BCUT2D eigenvalue weighted by atomic mass is 16.2. The van der Waals surface area contributed by atoms with Crippen LogP contribution in [-0.2, 0) is 0 Å². The highest BCUT2D eigenvalue weighted by Gasteiger charge is 2.32. The van der Waals surface area contributed by atoms with Gasteiger partial charge in [0.05, 0.1) is 6.04 Å². The number of hydrogen-bond donors (Lipinski definition) is 1. The molecule has 4 nitrogen and oxygen atoms in total. The minimum atomic E-state index is 0.151. The molecule has 1 N–H and O–H groups in total. The molecule has 1 heterocycles. The van der Waals surface area contributed by atoms with E-state index in [0.717, 1.165) is 19.6 Å². The summed E-state index contributed by atoms with van der Waals surface area (Å²) >= 11 is 0. The van der Waals surface area contributed by atoms with Gasteiger partial charge in [0.25, 0.3) is 0 Å². The number of carbonyl (C=O) groups is 1. The van der Waals surface area contributed by atoms with Crippen molar-refractivity contribution in [3.63, 3.8) is 0 Å². The van der Waals surface area contributed by atoms with Crippen molar-refractivity contribution < 1.29 is 4.79 Å². The van der Waals surface area contributed by atoms with Crippen molar-refractivity contribution in [3.05, 3.63) is 0 Å². The van der Waals surface area contributed by atoms with Crippen LogP contribution in [0, 0.1) is 0 Å². The third kappa shape index (κ3) is 1.53. The summed E-state index contributed by atoms with van der Waals surface area (Å²) in [6.45, 7) is 4.54. The Morgan fingerprint density at radius 1 is 1.67 bits per heavy atom. The molecule has 1 aliphatic rings. The minimum Gasteiger partial charge on any atom is -0.323 e. The second kappa shape index (κ2) is 3.76. The number of carbonyl (C=O) groups excluding carboxylic acids is 1. The van der Waals surface area contributed by atoms with Gasteiger partial charge >= 0.3 is 6.03 Å². The molecule has 1 aliphatic heterocycles. The molecule has 1 rings (SSSR count). The van der Waals surface area contributed by atoms with Gasteiger partial charge in [0, 0.05) is 26.7 Å². The van der Waals surface area contributed by atoms with Crippen LogP contribution in [0.15, 0.2) is 0 Å². The Hall–Kier alpha value is -0.770. The van der Waals surface area contributed by atoms with E-state index in [4.69, 9.17) is 0 Å². The van der Waals surface area contributed by atoms with Crippen LogP contribution in [0.3, 0.4) is 0 Å². The zero-order valence-corrected chi connectivity index (χ0v) is 8.00. The van der Waals surface area contributed by atoms with Crippen molar-refractivity contribution in [1.82, 2.24) is 15.1 Å². The lowest BCUT2D eigenvalue weighted by atomic mass is 10.3. The summed E-state index contributed by atoms with van der Waals surface area (Å²) in [7, 11) is 3.77. The molecule has 1 fully saturated rings. The summed E-state index contributed by atoms with van der Waals surface area (Å²) in [5, 5.41) is 3.08. The zero-order chi connectivity index (χ0) is 9.14.